The van der Waals surface area contributed by atoms with Gasteiger partial charge in [-0.25, -0.2) is 0 Å². The Balaban J connectivity index is 2.24. The molecule has 36 heteroatoms. The Bertz CT molecular complexity index is 2890. The minimum atomic E-state index is -2.24. The van der Waals surface area contributed by atoms with Gasteiger partial charge in [-0.05, 0) is 43.0 Å². The van der Waals surface area contributed by atoms with Gasteiger partial charge in [0.25, 0.3) is 0 Å². The molecule has 8 atom stereocenters. The lowest BCUT2D eigenvalue weighted by Crippen LogP contribution is -2.60. The number of hydrogen-bond donors (Lipinski definition) is 17. The Morgan fingerprint density at radius 3 is 1.17 bits per heavy atom. The first-order valence-electron chi connectivity index (χ1n) is 26.7. The summed E-state index contributed by atoms with van der Waals surface area (Å²) in [6.07, 6.45) is -5.28. The number of azide groups is 1. The van der Waals surface area contributed by atoms with Crippen LogP contribution in [0, 0.1) is 0 Å². The summed E-state index contributed by atoms with van der Waals surface area (Å²) in [7, 11) is 1.31. The molecule has 11 amide bonds. The summed E-state index contributed by atoms with van der Waals surface area (Å²) in [5.74, 6) is -20.8. The average Bonchev–Trinajstić information content (AvgIpc) is 3.59. The molecule has 2 rings (SSSR count). The third-order valence-corrected chi connectivity index (χ3v) is 12.2. The number of carboxylic acids is 5. The SMILES string of the molecule is CN[C@@H](CCC(=O)O)C(=O)N[C@@H](CC(=O)O)C(=O)NCC(=O)NCC(=O)NCC(=O)N[C@@H](CC(=O)O)C(=O)N[C@@H](CC(=O)O)C(=O)N[C@@H](CC(=O)O)C(=O)N[C@@H](Cc1ccccc1)C(=O)N[C@@H](Cc1ccccc1)C(=O)N[C@@H](CCCCN=[N+]=[N-])C(N)=O. The molecule has 2 aromatic carbocycles. The number of hydrogen-bond acceptors (Lipinski definition) is 18. The first kappa shape index (κ1) is 73.3. The molecule has 0 spiro atoms. The molecule has 0 unspecified atom stereocenters. The molecule has 2 aromatic rings. The monoisotopic (exact) mass is 1240 g/mol. The van der Waals surface area contributed by atoms with Gasteiger partial charge in [0.2, 0.25) is 65.0 Å². The van der Waals surface area contributed by atoms with Gasteiger partial charge < -0.3 is 89.8 Å². The van der Waals surface area contributed by atoms with E-state index in [4.69, 9.17) is 16.4 Å². The maximum atomic E-state index is 14.3. The van der Waals surface area contributed by atoms with E-state index in [0.29, 0.717) is 17.5 Å². The number of amides is 11. The number of unbranched alkanes of at least 4 members (excludes halogenated alkanes) is 1. The van der Waals surface area contributed by atoms with Crippen LogP contribution in [0.4, 0.5) is 0 Å². The van der Waals surface area contributed by atoms with E-state index in [1.165, 1.54) is 7.05 Å². The van der Waals surface area contributed by atoms with Crippen LogP contribution < -0.4 is 64.2 Å². The lowest BCUT2D eigenvalue weighted by Gasteiger charge is -2.27. The Kier molecular flexibility index (Phi) is 32.5. The van der Waals surface area contributed by atoms with Crippen molar-refractivity contribution >= 4 is 94.8 Å². The summed E-state index contributed by atoms with van der Waals surface area (Å²) in [5.41, 5.74) is 15.1. The van der Waals surface area contributed by atoms with Gasteiger partial charge in [0.15, 0.2) is 0 Å². The quantitative estimate of drug-likeness (QED) is 0.0128. The fraction of sp³-hybridized carbons (Fsp3) is 0.462. The number of likely N-dealkylation sites (N-methyl/N-ethyl adjacent to an activating group) is 1. The first-order chi connectivity index (χ1) is 41.6. The van der Waals surface area contributed by atoms with Crippen LogP contribution in [0.25, 0.3) is 10.4 Å². The zero-order valence-electron chi connectivity index (χ0n) is 47.2. The molecule has 18 N–H and O–H groups in total. The van der Waals surface area contributed by atoms with Gasteiger partial charge >= 0.3 is 29.8 Å². The van der Waals surface area contributed by atoms with Crippen molar-refractivity contribution in [2.24, 2.45) is 10.8 Å². The van der Waals surface area contributed by atoms with Gasteiger partial charge in [0.05, 0.1) is 51.4 Å². The molecule has 0 heterocycles. The molecule has 0 saturated carbocycles. The van der Waals surface area contributed by atoms with Crippen LogP contribution >= 0.6 is 0 Å². The number of benzene rings is 2. The summed E-state index contributed by atoms with van der Waals surface area (Å²) in [5, 5.41) is 74.7. The van der Waals surface area contributed by atoms with Crippen molar-refractivity contribution in [1.82, 2.24) is 58.5 Å². The highest BCUT2D eigenvalue weighted by atomic mass is 16.4. The van der Waals surface area contributed by atoms with Crippen LogP contribution in [0.2, 0.25) is 0 Å². The van der Waals surface area contributed by atoms with Gasteiger partial charge in [-0.2, -0.15) is 0 Å². The highest BCUT2D eigenvalue weighted by Crippen LogP contribution is 2.11. The topological polar surface area (TPSA) is 581 Å². The highest BCUT2D eigenvalue weighted by molar-refractivity contribution is 6.00. The molecule has 0 aliphatic carbocycles. The summed E-state index contributed by atoms with van der Waals surface area (Å²) >= 11 is 0. The Morgan fingerprint density at radius 1 is 0.432 bits per heavy atom. The van der Waals surface area contributed by atoms with E-state index in [2.05, 4.69) is 47.2 Å². The number of nitrogens with two attached hydrogens (primary N) is 1. The summed E-state index contributed by atoms with van der Waals surface area (Å²) in [6.45, 7) is -2.68. The average molecular weight is 1240 g/mol. The van der Waals surface area contributed by atoms with Gasteiger partial charge in [0, 0.05) is 30.7 Å². The van der Waals surface area contributed by atoms with Crippen LogP contribution in [0.5, 0.6) is 0 Å². The summed E-state index contributed by atoms with van der Waals surface area (Å²) in [4.78, 5) is 206. The number of rotatable bonds is 42. The molecule has 0 radical (unpaired) electrons. The van der Waals surface area contributed by atoms with Crippen LogP contribution in [-0.2, 0) is 89.6 Å². The van der Waals surface area contributed by atoms with Crippen molar-refractivity contribution in [2.75, 3.05) is 33.2 Å². The minimum Gasteiger partial charge on any atom is -0.481 e. The van der Waals surface area contributed by atoms with Gasteiger partial charge in [-0.3, -0.25) is 76.7 Å². The number of carbonyl (C=O) groups excluding carboxylic acids is 11. The number of carbonyl (C=O) groups is 16. The predicted molar refractivity (Wildman–Crippen MR) is 299 cm³/mol. The highest BCUT2D eigenvalue weighted by Gasteiger charge is 2.36. The normalized spacial score (nSPS) is 13.3. The molecule has 0 aliphatic heterocycles. The molecule has 0 aromatic heterocycles. The molecular formula is C52H69N15O21. The van der Waals surface area contributed by atoms with Gasteiger partial charge in [-0.1, -0.05) is 72.2 Å². The number of nitrogens with one attached hydrogen (secondary N) is 11. The maximum Gasteiger partial charge on any atom is 0.305 e. The zero-order valence-corrected chi connectivity index (χ0v) is 47.2. The molecule has 478 valence electrons. The van der Waals surface area contributed by atoms with Crippen molar-refractivity contribution in [2.45, 2.75) is 119 Å². The smallest absolute Gasteiger partial charge is 0.305 e. The molecule has 0 bridgehead atoms. The Hall–Kier alpha value is -10.8. The molecule has 0 aliphatic rings. The van der Waals surface area contributed by atoms with Crippen molar-refractivity contribution < 1.29 is 102 Å². The second-order valence-electron chi connectivity index (χ2n) is 19.2. The predicted octanol–water partition coefficient (Wildman–Crippen LogP) is -5.47. The molecule has 0 saturated heterocycles. The molecule has 0 fully saturated rings. The van der Waals surface area contributed by atoms with E-state index in [1.807, 2.05) is 21.3 Å². The Morgan fingerprint density at radius 2 is 0.784 bits per heavy atom. The second kappa shape index (κ2) is 39.0. The van der Waals surface area contributed by atoms with Gasteiger partial charge in [0.1, 0.15) is 42.3 Å². The minimum absolute atomic E-state index is 0.0206. The van der Waals surface area contributed by atoms with Crippen molar-refractivity contribution in [1.29, 1.82) is 0 Å². The zero-order chi connectivity index (χ0) is 65.9. The fourth-order valence-electron chi connectivity index (χ4n) is 7.84. The third kappa shape index (κ3) is 29.7. The van der Waals surface area contributed by atoms with E-state index >= 15 is 0 Å². The van der Waals surface area contributed by atoms with E-state index < -0.39 is 195 Å². The molecule has 36 nitrogen and oxygen atoms in total. The van der Waals surface area contributed by atoms with Crippen molar-refractivity contribution in [3.05, 3.63) is 82.2 Å². The van der Waals surface area contributed by atoms with Crippen molar-refractivity contribution in [3.8, 4) is 0 Å². The fourth-order valence-corrected chi connectivity index (χ4v) is 7.84. The maximum absolute atomic E-state index is 14.3. The number of primary amides is 1. The van der Waals surface area contributed by atoms with Crippen LogP contribution in [0.1, 0.15) is 68.9 Å². The van der Waals surface area contributed by atoms with Crippen LogP contribution in [-0.4, -0.2) is 202 Å². The lowest BCUT2D eigenvalue weighted by atomic mass is 10.0. The summed E-state index contributed by atoms with van der Waals surface area (Å²) < 4.78 is 0. The Labute approximate surface area is 499 Å². The van der Waals surface area contributed by atoms with E-state index in [9.17, 15) is 97.1 Å². The van der Waals surface area contributed by atoms with Crippen LogP contribution in [0.15, 0.2) is 65.8 Å². The summed E-state index contributed by atoms with van der Waals surface area (Å²) in [6, 6.07) is 2.34. The number of nitrogens with zero attached hydrogens (tertiary/aromatic N) is 3. The van der Waals surface area contributed by atoms with E-state index in [0.717, 1.165) is 0 Å². The van der Waals surface area contributed by atoms with E-state index in [-0.39, 0.29) is 38.6 Å². The van der Waals surface area contributed by atoms with E-state index in [1.54, 1.807) is 60.7 Å². The van der Waals surface area contributed by atoms with Crippen LogP contribution in [0.3, 0.4) is 0 Å². The van der Waals surface area contributed by atoms with Gasteiger partial charge in [-0.15, -0.1) is 0 Å². The molecule has 88 heavy (non-hydrogen) atoms. The standard InChI is InChI=1S/C52H69N15O21/c1-55-30(15-16-40(71)72)47(83)64-33(20-41(73)74)46(82)58-25-38(69)56-24-37(68)57-26-39(70)60-34(21-42(75)76)50(86)65-36(23-44(79)80)52(88)66-35(22-43(77)78)51(87)63-32(19-28-12-6-3-7-13-28)49(85)62-31(18-27-10-4-2-5-11-27)48(84)61-29(45(53)81)14-8-9-17-59-67-54/h2-7,10-13,29-36,55H,8-9,14-26H2,1H3,(H2,53,81)(H,56,69)(H,57,68)(H,58,82)(H,60,70)(H,61,84)(H,62,85)(H,63,87)(H,64,83)(H,65,86)(H,66,88)(H,71,72)(H,73,74)(H,75,76)(H,77,78)(H,79,80)/t29-,30-,31-,32-,33-,34-,35-,36-/m0/s1. The third-order valence-electron chi connectivity index (χ3n) is 12.2. The second-order valence-corrected chi connectivity index (χ2v) is 19.2. The van der Waals surface area contributed by atoms with Crippen molar-refractivity contribution in [3.63, 3.8) is 0 Å². The number of carboxylic acid groups (broad SMARTS) is 5. The first-order valence-corrected chi connectivity index (χ1v) is 26.7. The largest absolute Gasteiger partial charge is 0.481 e. The molecular weight excluding hydrogens is 1170 g/mol. The lowest BCUT2D eigenvalue weighted by molar-refractivity contribution is -0.144. The number of aliphatic carboxylic acids is 5.